The van der Waals surface area contributed by atoms with Crippen LogP contribution in [0.15, 0.2) is 66.1 Å². The van der Waals surface area contributed by atoms with Crippen LogP contribution in [0.3, 0.4) is 0 Å². The molecule has 0 unspecified atom stereocenters. The van der Waals surface area contributed by atoms with E-state index >= 15 is 0 Å². The summed E-state index contributed by atoms with van der Waals surface area (Å²) < 4.78 is 1.65. The zero-order valence-corrected chi connectivity index (χ0v) is 11.1. The molecule has 4 heteroatoms. The molecular weight excluding hydrogens is 252 g/mol. The number of aromatic nitrogens is 1. The first kappa shape index (κ1) is 13.8. The largest absolute Gasteiger partial charge is 0.348 e. The van der Waals surface area contributed by atoms with Crippen molar-refractivity contribution in [1.29, 1.82) is 0 Å². The fourth-order valence-corrected chi connectivity index (χ4v) is 1.81. The van der Waals surface area contributed by atoms with Gasteiger partial charge in [-0.15, -0.1) is 0 Å². The molecule has 0 atom stereocenters. The normalized spacial score (nSPS) is 10.0. The quantitative estimate of drug-likeness (QED) is 0.839. The third-order valence-corrected chi connectivity index (χ3v) is 2.93. The summed E-state index contributed by atoms with van der Waals surface area (Å²) in [5.74, 6) is -0.190. The molecule has 4 nitrogen and oxygen atoms in total. The van der Waals surface area contributed by atoms with Crippen LogP contribution in [0, 0.1) is 0 Å². The van der Waals surface area contributed by atoms with Gasteiger partial charge in [-0.25, -0.2) is 0 Å². The van der Waals surface area contributed by atoms with E-state index in [1.54, 1.807) is 22.9 Å². The van der Waals surface area contributed by atoms with Crippen LogP contribution in [0.5, 0.6) is 0 Å². The molecule has 20 heavy (non-hydrogen) atoms. The van der Waals surface area contributed by atoms with Gasteiger partial charge in [-0.05, 0) is 23.3 Å². The summed E-state index contributed by atoms with van der Waals surface area (Å²) in [5.41, 5.74) is 2.02. The van der Waals surface area contributed by atoms with Crippen molar-refractivity contribution >= 4 is 5.91 Å². The van der Waals surface area contributed by atoms with E-state index in [2.05, 4.69) is 11.9 Å². The number of rotatable bonds is 5. The first-order valence-corrected chi connectivity index (χ1v) is 6.32. The van der Waals surface area contributed by atoms with Gasteiger partial charge in [0.2, 0.25) is 5.91 Å². The Morgan fingerprint density at radius 2 is 1.85 bits per heavy atom. The van der Waals surface area contributed by atoms with E-state index < -0.39 is 0 Å². The van der Waals surface area contributed by atoms with Crippen LogP contribution in [0.2, 0.25) is 0 Å². The number of benzene rings is 1. The summed E-state index contributed by atoms with van der Waals surface area (Å²) in [6, 6.07) is 12.9. The van der Waals surface area contributed by atoms with Gasteiger partial charge in [0.1, 0.15) is 0 Å². The van der Waals surface area contributed by atoms with Crippen LogP contribution in [0.25, 0.3) is 0 Å². The maximum atomic E-state index is 11.6. The number of nitrogens with one attached hydrogen (secondary N) is 1. The Balaban J connectivity index is 2.02. The molecular formula is C16H16N2O2. The lowest BCUT2D eigenvalue weighted by atomic mass is 10.1. The molecule has 0 aliphatic heterocycles. The highest BCUT2D eigenvalue weighted by Crippen LogP contribution is 2.05. The van der Waals surface area contributed by atoms with E-state index in [1.807, 2.05) is 30.3 Å². The predicted molar refractivity (Wildman–Crippen MR) is 78.3 cm³/mol. The minimum atomic E-state index is -0.190. The zero-order valence-electron chi connectivity index (χ0n) is 11.1. The van der Waals surface area contributed by atoms with Gasteiger partial charge in [0.25, 0.3) is 5.56 Å². The fourth-order valence-electron chi connectivity index (χ4n) is 1.81. The summed E-state index contributed by atoms with van der Waals surface area (Å²) in [4.78, 5) is 22.7. The maximum Gasteiger partial charge on any atom is 0.250 e. The van der Waals surface area contributed by atoms with Gasteiger partial charge in [0.05, 0.1) is 6.54 Å². The highest BCUT2D eigenvalue weighted by atomic mass is 16.1. The molecule has 0 saturated carbocycles. The van der Waals surface area contributed by atoms with Gasteiger partial charge in [-0.2, -0.15) is 0 Å². The van der Waals surface area contributed by atoms with Crippen molar-refractivity contribution in [3.05, 3.63) is 82.8 Å². The van der Waals surface area contributed by atoms with Gasteiger partial charge in [0, 0.05) is 18.8 Å². The minimum Gasteiger partial charge on any atom is -0.348 e. The van der Waals surface area contributed by atoms with E-state index in [0.29, 0.717) is 13.1 Å². The van der Waals surface area contributed by atoms with Crippen molar-refractivity contribution in [2.75, 3.05) is 0 Å². The SMILES string of the molecule is C=CC(=O)NCc1ccc(Cn2ccccc2=O)cc1. The van der Waals surface area contributed by atoms with E-state index in [9.17, 15) is 9.59 Å². The molecule has 0 aliphatic carbocycles. The molecule has 0 aliphatic rings. The molecule has 0 saturated heterocycles. The highest BCUT2D eigenvalue weighted by molar-refractivity contribution is 5.86. The Labute approximate surface area is 117 Å². The van der Waals surface area contributed by atoms with Gasteiger partial charge >= 0.3 is 0 Å². The molecule has 0 radical (unpaired) electrons. The summed E-state index contributed by atoms with van der Waals surface area (Å²) in [7, 11) is 0. The third-order valence-electron chi connectivity index (χ3n) is 2.93. The molecule has 1 aromatic heterocycles. The molecule has 2 rings (SSSR count). The zero-order chi connectivity index (χ0) is 14.4. The predicted octanol–water partition coefficient (Wildman–Crippen LogP) is 1.70. The molecule has 1 N–H and O–H groups in total. The van der Waals surface area contributed by atoms with Gasteiger partial charge in [-0.3, -0.25) is 9.59 Å². The Morgan fingerprint density at radius 3 is 2.50 bits per heavy atom. The number of carbonyl (C=O) groups is 1. The molecule has 1 amide bonds. The van der Waals surface area contributed by atoms with E-state index in [0.717, 1.165) is 11.1 Å². The lowest BCUT2D eigenvalue weighted by molar-refractivity contribution is -0.116. The second-order valence-corrected chi connectivity index (χ2v) is 4.41. The average molecular weight is 268 g/mol. The van der Waals surface area contributed by atoms with Crippen LogP contribution in [-0.4, -0.2) is 10.5 Å². The Kier molecular flexibility index (Phi) is 4.50. The van der Waals surface area contributed by atoms with E-state index in [1.165, 1.54) is 6.08 Å². The molecule has 0 spiro atoms. The van der Waals surface area contributed by atoms with Gasteiger partial charge < -0.3 is 9.88 Å². The van der Waals surface area contributed by atoms with E-state index in [-0.39, 0.29) is 11.5 Å². The van der Waals surface area contributed by atoms with Crippen molar-refractivity contribution in [2.45, 2.75) is 13.1 Å². The third kappa shape index (κ3) is 3.68. The van der Waals surface area contributed by atoms with Gasteiger partial charge in [0.15, 0.2) is 0 Å². The summed E-state index contributed by atoms with van der Waals surface area (Å²) in [6.07, 6.45) is 3.01. The van der Waals surface area contributed by atoms with Crippen molar-refractivity contribution in [2.24, 2.45) is 0 Å². The number of carbonyl (C=O) groups excluding carboxylic acids is 1. The second kappa shape index (κ2) is 6.52. The first-order chi connectivity index (χ1) is 9.69. The molecule has 0 fully saturated rings. The highest BCUT2D eigenvalue weighted by Gasteiger charge is 1.99. The Hall–Kier alpha value is -2.62. The van der Waals surface area contributed by atoms with Crippen LogP contribution < -0.4 is 10.9 Å². The summed E-state index contributed by atoms with van der Waals surface area (Å²) in [6.45, 7) is 4.41. The summed E-state index contributed by atoms with van der Waals surface area (Å²) in [5, 5.41) is 2.71. The first-order valence-electron chi connectivity index (χ1n) is 6.32. The number of hydrogen-bond donors (Lipinski definition) is 1. The fraction of sp³-hybridized carbons (Fsp3) is 0.125. The van der Waals surface area contributed by atoms with Crippen LogP contribution >= 0.6 is 0 Å². The average Bonchev–Trinajstić information content (AvgIpc) is 2.48. The topological polar surface area (TPSA) is 51.1 Å². The summed E-state index contributed by atoms with van der Waals surface area (Å²) >= 11 is 0. The van der Waals surface area contributed by atoms with Gasteiger partial charge in [-0.1, -0.05) is 36.9 Å². The van der Waals surface area contributed by atoms with Crippen molar-refractivity contribution in [1.82, 2.24) is 9.88 Å². The monoisotopic (exact) mass is 268 g/mol. The maximum absolute atomic E-state index is 11.6. The minimum absolute atomic E-state index is 0.0187. The van der Waals surface area contributed by atoms with Crippen LogP contribution in [-0.2, 0) is 17.9 Å². The molecule has 102 valence electrons. The van der Waals surface area contributed by atoms with Crippen molar-refractivity contribution < 1.29 is 4.79 Å². The standard InChI is InChI=1S/C16H16N2O2/c1-2-15(19)17-11-13-6-8-14(9-7-13)12-18-10-4-3-5-16(18)20/h2-10H,1,11-12H2,(H,17,19). The number of amides is 1. The molecule has 1 aromatic carbocycles. The lowest BCUT2D eigenvalue weighted by Gasteiger charge is -2.07. The van der Waals surface area contributed by atoms with Crippen LogP contribution in [0.1, 0.15) is 11.1 Å². The molecule has 0 bridgehead atoms. The van der Waals surface area contributed by atoms with E-state index in [4.69, 9.17) is 0 Å². The molecule has 2 aromatic rings. The van der Waals surface area contributed by atoms with Crippen LogP contribution in [0.4, 0.5) is 0 Å². The Bertz CT molecular complexity index is 657. The number of pyridine rings is 1. The Morgan fingerprint density at radius 1 is 1.15 bits per heavy atom. The lowest BCUT2D eigenvalue weighted by Crippen LogP contribution is -2.20. The number of hydrogen-bond acceptors (Lipinski definition) is 2. The molecule has 1 heterocycles. The smallest absolute Gasteiger partial charge is 0.250 e. The van der Waals surface area contributed by atoms with Crippen molar-refractivity contribution in [3.8, 4) is 0 Å². The number of nitrogens with zero attached hydrogens (tertiary/aromatic N) is 1. The van der Waals surface area contributed by atoms with Crippen molar-refractivity contribution in [3.63, 3.8) is 0 Å². The second-order valence-electron chi connectivity index (χ2n) is 4.41.